The van der Waals surface area contributed by atoms with Gasteiger partial charge in [-0.15, -0.1) is 0 Å². The topological polar surface area (TPSA) is 90.6 Å². The van der Waals surface area contributed by atoms with E-state index in [-0.39, 0.29) is 11.9 Å². The van der Waals surface area contributed by atoms with E-state index in [2.05, 4.69) is 22.5 Å². The first kappa shape index (κ1) is 19.8. The minimum atomic E-state index is -0.628. The van der Waals surface area contributed by atoms with E-state index in [1.54, 1.807) is 6.07 Å². The van der Waals surface area contributed by atoms with E-state index in [9.17, 15) is 9.90 Å². The summed E-state index contributed by atoms with van der Waals surface area (Å²) < 4.78 is 0. The largest absolute Gasteiger partial charge is 0.397 e. The Balaban J connectivity index is 1.82. The predicted molar refractivity (Wildman–Crippen MR) is 111 cm³/mol. The van der Waals surface area contributed by atoms with E-state index in [1.165, 1.54) is 12.8 Å². The summed E-state index contributed by atoms with van der Waals surface area (Å²) >= 11 is 0. The van der Waals surface area contributed by atoms with Gasteiger partial charge in [-0.3, -0.25) is 4.79 Å². The Morgan fingerprint density at radius 2 is 1.85 bits per heavy atom. The summed E-state index contributed by atoms with van der Waals surface area (Å²) in [5, 5.41) is 16.6. The van der Waals surface area contributed by atoms with Crippen LogP contribution in [-0.2, 0) is 0 Å². The first-order valence-electron chi connectivity index (χ1n) is 10.2. The molecule has 2 fully saturated rings. The molecular weight excluding hydrogens is 340 g/mol. The molecule has 0 unspecified atom stereocenters. The lowest BCUT2D eigenvalue weighted by molar-refractivity contribution is 0.0351. The maximum absolute atomic E-state index is 13.1. The van der Waals surface area contributed by atoms with Crippen LogP contribution in [0.1, 0.15) is 62.7 Å². The third-order valence-electron chi connectivity index (χ3n) is 6.21. The summed E-state index contributed by atoms with van der Waals surface area (Å²) in [4.78, 5) is 15.3. The highest BCUT2D eigenvalue weighted by atomic mass is 16.3. The van der Waals surface area contributed by atoms with Crippen molar-refractivity contribution in [3.05, 3.63) is 17.7 Å². The number of carbonyl (C=O) groups excluding carboxylic acids is 1. The first-order chi connectivity index (χ1) is 12.8. The van der Waals surface area contributed by atoms with Crippen molar-refractivity contribution in [1.29, 1.82) is 0 Å². The number of aliphatic hydroxyl groups is 1. The van der Waals surface area contributed by atoms with Gasteiger partial charge in [0.25, 0.3) is 5.91 Å². The number of amides is 1. The third kappa shape index (κ3) is 4.67. The second-order valence-corrected chi connectivity index (χ2v) is 8.62. The molecule has 6 nitrogen and oxygen atoms in total. The van der Waals surface area contributed by atoms with Crippen LogP contribution in [0.4, 0.5) is 17.1 Å². The molecule has 27 heavy (non-hydrogen) atoms. The molecule has 1 aromatic carbocycles. The van der Waals surface area contributed by atoms with Crippen LogP contribution in [0, 0.1) is 5.92 Å². The fourth-order valence-electron chi connectivity index (χ4n) is 4.16. The molecule has 1 aliphatic heterocycles. The predicted octanol–water partition coefficient (Wildman–Crippen LogP) is 2.97. The smallest absolute Gasteiger partial charge is 0.253 e. The summed E-state index contributed by atoms with van der Waals surface area (Å²) in [6.45, 7) is 5.60. The molecular formula is C21H34N4O2. The van der Waals surface area contributed by atoms with E-state index in [1.807, 2.05) is 20.0 Å². The number of nitrogens with one attached hydrogen (secondary N) is 2. The first-order valence-corrected chi connectivity index (χ1v) is 10.2. The maximum Gasteiger partial charge on any atom is 0.253 e. The van der Waals surface area contributed by atoms with Crippen LogP contribution < -0.4 is 21.3 Å². The molecule has 1 saturated carbocycles. The molecule has 1 amide bonds. The van der Waals surface area contributed by atoms with E-state index in [4.69, 9.17) is 5.73 Å². The lowest BCUT2D eigenvalue weighted by atomic mass is 9.87. The number of nitrogens with zero attached hydrogens (tertiary/aromatic N) is 1. The van der Waals surface area contributed by atoms with Crippen LogP contribution in [-0.4, -0.2) is 42.8 Å². The zero-order valence-corrected chi connectivity index (χ0v) is 16.8. The van der Waals surface area contributed by atoms with Gasteiger partial charge in [0.05, 0.1) is 28.2 Å². The van der Waals surface area contributed by atoms with Gasteiger partial charge in [-0.2, -0.15) is 0 Å². The molecule has 0 spiro atoms. The minimum absolute atomic E-state index is 0.0451. The van der Waals surface area contributed by atoms with Crippen molar-refractivity contribution < 1.29 is 9.90 Å². The number of carbonyl (C=O) groups is 1. The molecule has 0 radical (unpaired) electrons. The van der Waals surface area contributed by atoms with Crippen molar-refractivity contribution in [3.8, 4) is 0 Å². The van der Waals surface area contributed by atoms with Gasteiger partial charge in [0.2, 0.25) is 0 Å². The minimum Gasteiger partial charge on any atom is -0.397 e. The van der Waals surface area contributed by atoms with Gasteiger partial charge in [-0.05, 0) is 63.5 Å². The molecule has 6 heteroatoms. The zero-order valence-electron chi connectivity index (χ0n) is 16.8. The molecule has 1 saturated heterocycles. The van der Waals surface area contributed by atoms with Crippen LogP contribution in [0.3, 0.4) is 0 Å². The standard InChI is InChI=1S/C21H34N4O2/c1-14-4-6-15(7-5-14)24-20(26)16-12-17(22)18(23-3)13-19(16)25-10-8-21(2,27)9-11-25/h12-15,23,27H,4-11,22H2,1-3H3,(H,24,26)/t14-,15-. The second kappa shape index (κ2) is 7.97. The van der Waals surface area contributed by atoms with Crippen LogP contribution in [0.5, 0.6) is 0 Å². The summed E-state index contributed by atoms with van der Waals surface area (Å²) in [6.07, 6.45) is 5.79. The van der Waals surface area contributed by atoms with Gasteiger partial charge < -0.3 is 26.4 Å². The van der Waals surface area contributed by atoms with Crippen molar-refractivity contribution in [2.24, 2.45) is 5.92 Å². The SMILES string of the molecule is CNc1cc(N2CCC(C)(O)CC2)c(C(=O)N[C@H]2CC[C@H](C)CC2)cc1N. The Kier molecular flexibility index (Phi) is 5.84. The summed E-state index contributed by atoms with van der Waals surface area (Å²) in [6, 6.07) is 4.00. The van der Waals surface area contributed by atoms with Gasteiger partial charge in [-0.1, -0.05) is 6.92 Å². The van der Waals surface area contributed by atoms with Gasteiger partial charge in [-0.25, -0.2) is 0 Å². The molecule has 0 aromatic heterocycles. The van der Waals surface area contributed by atoms with Gasteiger partial charge in [0, 0.05) is 26.2 Å². The molecule has 150 valence electrons. The molecule has 1 aromatic rings. The highest BCUT2D eigenvalue weighted by Crippen LogP contribution is 2.34. The van der Waals surface area contributed by atoms with Crippen LogP contribution in [0.25, 0.3) is 0 Å². The number of nitrogens with two attached hydrogens (primary N) is 1. The third-order valence-corrected chi connectivity index (χ3v) is 6.21. The highest BCUT2D eigenvalue weighted by Gasteiger charge is 2.30. The van der Waals surface area contributed by atoms with Crippen LogP contribution in [0.2, 0.25) is 0 Å². The van der Waals surface area contributed by atoms with E-state index in [0.717, 1.165) is 43.2 Å². The molecule has 0 atom stereocenters. The average molecular weight is 375 g/mol. The van der Waals surface area contributed by atoms with Gasteiger partial charge >= 0.3 is 0 Å². The van der Waals surface area contributed by atoms with Crippen LogP contribution in [0.15, 0.2) is 12.1 Å². The Morgan fingerprint density at radius 1 is 1.22 bits per heavy atom. The zero-order chi connectivity index (χ0) is 19.6. The fraction of sp³-hybridized carbons (Fsp3) is 0.667. The molecule has 0 bridgehead atoms. The number of hydrogen-bond acceptors (Lipinski definition) is 5. The van der Waals surface area contributed by atoms with Crippen molar-refractivity contribution in [1.82, 2.24) is 5.32 Å². The normalized spacial score (nSPS) is 25.1. The quantitative estimate of drug-likeness (QED) is 0.608. The molecule has 1 heterocycles. The van der Waals surface area contributed by atoms with Gasteiger partial charge in [0.15, 0.2) is 0 Å². The van der Waals surface area contributed by atoms with Crippen molar-refractivity contribution >= 4 is 23.0 Å². The van der Waals surface area contributed by atoms with E-state index in [0.29, 0.717) is 24.1 Å². The summed E-state index contributed by atoms with van der Waals surface area (Å²) in [7, 11) is 1.83. The number of rotatable bonds is 4. The van der Waals surface area contributed by atoms with Crippen LogP contribution >= 0.6 is 0 Å². The summed E-state index contributed by atoms with van der Waals surface area (Å²) in [5.41, 5.74) is 8.46. The number of benzene rings is 1. The van der Waals surface area contributed by atoms with Crippen molar-refractivity contribution in [2.75, 3.05) is 36.1 Å². The Hall–Kier alpha value is -1.95. The fourth-order valence-corrected chi connectivity index (χ4v) is 4.16. The number of piperidine rings is 1. The lowest BCUT2D eigenvalue weighted by Gasteiger charge is -2.38. The van der Waals surface area contributed by atoms with E-state index < -0.39 is 5.60 Å². The number of nitrogen functional groups attached to an aromatic ring is 1. The maximum atomic E-state index is 13.1. The lowest BCUT2D eigenvalue weighted by Crippen LogP contribution is -2.44. The molecule has 1 aliphatic carbocycles. The monoisotopic (exact) mass is 374 g/mol. The average Bonchev–Trinajstić information content (AvgIpc) is 2.63. The second-order valence-electron chi connectivity index (χ2n) is 8.62. The summed E-state index contributed by atoms with van der Waals surface area (Å²) in [5.74, 6) is 0.705. The number of hydrogen-bond donors (Lipinski definition) is 4. The van der Waals surface area contributed by atoms with Crippen molar-refractivity contribution in [2.45, 2.75) is 64.0 Å². The van der Waals surface area contributed by atoms with E-state index >= 15 is 0 Å². The molecule has 3 rings (SSSR count). The van der Waals surface area contributed by atoms with Crippen molar-refractivity contribution in [3.63, 3.8) is 0 Å². The Morgan fingerprint density at radius 3 is 2.44 bits per heavy atom. The Bertz CT molecular complexity index is 671. The Labute approximate surface area is 162 Å². The molecule has 2 aliphatic rings. The number of anilines is 3. The van der Waals surface area contributed by atoms with Gasteiger partial charge in [0.1, 0.15) is 0 Å². The molecule has 5 N–H and O–H groups in total. The highest BCUT2D eigenvalue weighted by molar-refractivity contribution is 6.02.